The van der Waals surface area contributed by atoms with E-state index in [0.717, 1.165) is 52.4 Å². The van der Waals surface area contributed by atoms with Crippen molar-refractivity contribution in [2.45, 2.75) is 70.6 Å². The Bertz CT molecular complexity index is 1510. The minimum absolute atomic E-state index is 0.101. The lowest BCUT2D eigenvalue weighted by Crippen LogP contribution is -2.14. The van der Waals surface area contributed by atoms with Crippen LogP contribution in [-0.2, 0) is 38.4 Å². The summed E-state index contributed by atoms with van der Waals surface area (Å²) >= 11 is 2.80. The normalized spacial score (nSPS) is 16.2. The van der Waals surface area contributed by atoms with E-state index in [1.807, 2.05) is 24.3 Å². The van der Waals surface area contributed by atoms with Crippen LogP contribution in [0.3, 0.4) is 0 Å². The quantitative estimate of drug-likeness (QED) is 0.202. The molecule has 2 heterocycles. The van der Waals surface area contributed by atoms with Gasteiger partial charge in [0.15, 0.2) is 0 Å². The number of ketones is 1. The second kappa shape index (κ2) is 14.4. The zero-order valence-corrected chi connectivity index (χ0v) is 26.1. The molecule has 0 spiro atoms. The maximum Gasteiger partial charge on any atom is 0.230 e. The van der Waals surface area contributed by atoms with Crippen LogP contribution < -0.4 is 16.0 Å². The smallest absolute Gasteiger partial charge is 0.230 e. The topological polar surface area (TPSA) is 156 Å². The Labute approximate surface area is 262 Å². The van der Waals surface area contributed by atoms with E-state index in [1.54, 1.807) is 31.2 Å². The number of nitrogens with one attached hydrogen (secondary N) is 3. The number of carbonyl (C=O) groups is 4. The van der Waals surface area contributed by atoms with Crippen LogP contribution in [-0.4, -0.2) is 43.9 Å². The molecule has 228 valence electrons. The van der Waals surface area contributed by atoms with Gasteiger partial charge in [0.2, 0.25) is 28.0 Å². The monoisotopic (exact) mass is 631 g/mol. The summed E-state index contributed by atoms with van der Waals surface area (Å²) in [6, 6.07) is 14.6. The lowest BCUT2D eigenvalue weighted by Gasteiger charge is -2.25. The lowest BCUT2D eigenvalue weighted by molar-refractivity contribution is -0.117. The van der Waals surface area contributed by atoms with Gasteiger partial charge in [-0.25, -0.2) is 0 Å². The Morgan fingerprint density at radius 2 is 1.11 bits per heavy atom. The van der Waals surface area contributed by atoms with Crippen LogP contribution in [0.25, 0.3) is 0 Å². The maximum atomic E-state index is 12.6. The van der Waals surface area contributed by atoms with Gasteiger partial charge in [-0.3, -0.25) is 19.2 Å². The van der Waals surface area contributed by atoms with E-state index in [2.05, 4.69) is 36.3 Å². The highest BCUT2D eigenvalue weighted by atomic mass is 32.1. The van der Waals surface area contributed by atoms with E-state index in [4.69, 9.17) is 0 Å². The number of aromatic nitrogens is 4. The standard InChI is InChI=1S/C31H33N7O4S2/c1-18(39)14-20-6-8-21(9-7-20)15-26(41)33-30-37-35-28(43-30)23-4-3-5-24(17-23)29-36-38-31(44-29)34-27(42)16-22-10-12-25(13-11-22)32-19(2)40/h6-13,23-24H,3-5,14-17H2,1-2H3,(H,32,40)(H,33,37,41)(H,34,38,42)/t23-,24-/m1/s1. The van der Waals surface area contributed by atoms with Crippen molar-refractivity contribution in [3.8, 4) is 0 Å². The minimum Gasteiger partial charge on any atom is -0.326 e. The summed E-state index contributed by atoms with van der Waals surface area (Å²) in [4.78, 5) is 47.7. The molecular formula is C31H33N7O4S2. The third-order valence-electron chi connectivity index (χ3n) is 7.23. The Hall–Kier alpha value is -4.36. The van der Waals surface area contributed by atoms with E-state index in [-0.39, 0.29) is 48.2 Å². The number of Topliss-reactive ketones (excluding diaryl/α,β-unsaturated/α-hetero) is 1. The molecule has 1 aliphatic rings. The average molecular weight is 632 g/mol. The zero-order valence-electron chi connectivity index (χ0n) is 24.5. The first-order valence-electron chi connectivity index (χ1n) is 14.4. The van der Waals surface area contributed by atoms with Gasteiger partial charge in [0.25, 0.3) is 0 Å². The minimum atomic E-state index is -0.185. The van der Waals surface area contributed by atoms with Gasteiger partial charge < -0.3 is 16.0 Å². The molecule has 13 heteroatoms. The number of anilines is 3. The summed E-state index contributed by atoms with van der Waals surface area (Å²) in [5.74, 6) is 0.00329. The molecule has 1 aliphatic carbocycles. The zero-order chi connectivity index (χ0) is 31.1. The van der Waals surface area contributed by atoms with Crippen molar-refractivity contribution in [1.29, 1.82) is 0 Å². The van der Waals surface area contributed by atoms with Crippen LogP contribution in [0.15, 0.2) is 48.5 Å². The summed E-state index contributed by atoms with van der Waals surface area (Å²) in [5.41, 5.74) is 3.29. The number of nitrogens with zero attached hydrogens (tertiary/aromatic N) is 4. The Balaban J connectivity index is 1.11. The van der Waals surface area contributed by atoms with Crippen molar-refractivity contribution >= 4 is 62.1 Å². The molecule has 2 aromatic carbocycles. The number of carbonyl (C=O) groups excluding carboxylic acids is 4. The highest BCUT2D eigenvalue weighted by molar-refractivity contribution is 7.15. The van der Waals surface area contributed by atoms with Crippen LogP contribution in [0.4, 0.5) is 16.0 Å². The molecule has 44 heavy (non-hydrogen) atoms. The van der Waals surface area contributed by atoms with Crippen molar-refractivity contribution in [2.75, 3.05) is 16.0 Å². The van der Waals surface area contributed by atoms with E-state index >= 15 is 0 Å². The molecule has 2 atom stereocenters. The average Bonchev–Trinajstić information content (AvgIpc) is 3.65. The van der Waals surface area contributed by atoms with Gasteiger partial charge in [-0.15, -0.1) is 20.4 Å². The van der Waals surface area contributed by atoms with Gasteiger partial charge in [0.1, 0.15) is 15.8 Å². The summed E-state index contributed by atoms with van der Waals surface area (Å²) < 4.78 is 0. The number of benzene rings is 2. The molecule has 3 N–H and O–H groups in total. The molecule has 4 aromatic rings. The summed E-state index contributed by atoms with van der Waals surface area (Å²) in [5, 5.41) is 28.3. The fraction of sp³-hybridized carbons (Fsp3) is 0.355. The SMILES string of the molecule is CC(=O)Cc1ccc(CC(=O)Nc2nnc([C@@H]3CCC[C@@H](c4nnc(NC(=O)Cc5ccc(NC(C)=O)cc5)s4)C3)s2)cc1. The number of hydrogen-bond donors (Lipinski definition) is 3. The molecule has 0 unspecified atom stereocenters. The molecule has 0 radical (unpaired) electrons. The first kappa shape index (κ1) is 31.1. The summed E-state index contributed by atoms with van der Waals surface area (Å²) in [6.45, 7) is 3.00. The van der Waals surface area contributed by atoms with Crippen LogP contribution in [0.2, 0.25) is 0 Å². The van der Waals surface area contributed by atoms with Crippen LogP contribution in [0, 0.1) is 0 Å². The van der Waals surface area contributed by atoms with Crippen molar-refractivity contribution < 1.29 is 19.2 Å². The number of amides is 3. The molecule has 5 rings (SSSR count). The summed E-state index contributed by atoms with van der Waals surface area (Å²) in [6.07, 6.45) is 4.59. The largest absolute Gasteiger partial charge is 0.326 e. The van der Waals surface area contributed by atoms with Crippen LogP contribution in [0.5, 0.6) is 0 Å². The van der Waals surface area contributed by atoms with Crippen LogP contribution >= 0.6 is 22.7 Å². The molecular weight excluding hydrogens is 599 g/mol. The fourth-order valence-corrected chi connectivity index (χ4v) is 7.02. The predicted octanol–water partition coefficient (Wildman–Crippen LogP) is 5.28. The molecule has 0 saturated heterocycles. The third kappa shape index (κ3) is 8.83. The molecule has 11 nitrogen and oxygen atoms in total. The van der Waals surface area contributed by atoms with Crippen LogP contribution in [0.1, 0.15) is 78.1 Å². The van der Waals surface area contributed by atoms with Gasteiger partial charge in [-0.2, -0.15) is 0 Å². The molecule has 0 aliphatic heterocycles. The van der Waals surface area contributed by atoms with E-state index in [9.17, 15) is 19.2 Å². The van der Waals surface area contributed by atoms with Crippen molar-refractivity contribution in [1.82, 2.24) is 20.4 Å². The fourth-order valence-electron chi connectivity index (χ4n) is 5.21. The van der Waals surface area contributed by atoms with E-state index in [0.29, 0.717) is 22.4 Å². The lowest BCUT2D eigenvalue weighted by atomic mass is 9.82. The Kier molecular flexibility index (Phi) is 10.2. The molecule has 1 saturated carbocycles. The molecule has 2 aromatic heterocycles. The highest BCUT2D eigenvalue weighted by Gasteiger charge is 2.29. The van der Waals surface area contributed by atoms with Gasteiger partial charge in [0.05, 0.1) is 12.8 Å². The van der Waals surface area contributed by atoms with E-state index in [1.165, 1.54) is 29.6 Å². The predicted molar refractivity (Wildman–Crippen MR) is 170 cm³/mol. The summed E-state index contributed by atoms with van der Waals surface area (Å²) in [7, 11) is 0. The highest BCUT2D eigenvalue weighted by Crippen LogP contribution is 2.43. The van der Waals surface area contributed by atoms with Gasteiger partial charge in [-0.1, -0.05) is 65.5 Å². The molecule has 0 bridgehead atoms. The van der Waals surface area contributed by atoms with Crippen molar-refractivity contribution in [2.24, 2.45) is 0 Å². The van der Waals surface area contributed by atoms with Crippen molar-refractivity contribution in [3.63, 3.8) is 0 Å². The maximum absolute atomic E-state index is 12.6. The Morgan fingerprint density at radius 3 is 1.57 bits per heavy atom. The first-order chi connectivity index (χ1) is 21.2. The molecule has 1 fully saturated rings. The van der Waals surface area contributed by atoms with E-state index < -0.39 is 0 Å². The second-order valence-corrected chi connectivity index (χ2v) is 13.0. The molecule has 3 amide bonds. The number of hydrogen-bond acceptors (Lipinski definition) is 10. The Morgan fingerprint density at radius 1 is 0.659 bits per heavy atom. The van der Waals surface area contributed by atoms with Gasteiger partial charge in [-0.05, 0) is 55.0 Å². The third-order valence-corrected chi connectivity index (χ3v) is 9.23. The first-order valence-corrected chi connectivity index (χ1v) is 16.0. The second-order valence-electron chi connectivity index (χ2n) is 11.0. The van der Waals surface area contributed by atoms with Crippen molar-refractivity contribution in [3.05, 3.63) is 75.2 Å². The van der Waals surface area contributed by atoms with Gasteiger partial charge in [0, 0.05) is 30.9 Å². The van der Waals surface area contributed by atoms with Gasteiger partial charge >= 0.3 is 0 Å². The number of rotatable bonds is 11.